The molecule has 0 amide bonds. The van der Waals surface area contributed by atoms with Gasteiger partial charge in [-0.05, 0) is 34.1 Å². The van der Waals surface area contributed by atoms with Crippen LogP contribution in [-0.2, 0) is 10.0 Å². The highest BCUT2D eigenvalue weighted by molar-refractivity contribution is 9.10. The van der Waals surface area contributed by atoms with Crippen LogP contribution in [0.15, 0.2) is 39.7 Å². The second-order valence-corrected chi connectivity index (χ2v) is 7.24. The summed E-state index contributed by atoms with van der Waals surface area (Å²) in [7, 11) is -3.88. The molecule has 0 heterocycles. The van der Waals surface area contributed by atoms with Crippen molar-refractivity contribution in [2.24, 2.45) is 5.14 Å². The van der Waals surface area contributed by atoms with Gasteiger partial charge in [0.2, 0.25) is 10.0 Å². The molecule has 112 valence electrons. The summed E-state index contributed by atoms with van der Waals surface area (Å²) < 4.78 is 28.7. The second-order valence-electron chi connectivity index (χ2n) is 4.04. The van der Waals surface area contributed by atoms with E-state index >= 15 is 0 Å². The van der Waals surface area contributed by atoms with E-state index in [1.54, 1.807) is 6.07 Å². The van der Waals surface area contributed by atoms with E-state index in [-0.39, 0.29) is 10.6 Å². The fourth-order valence-electron chi connectivity index (χ4n) is 1.56. The minimum atomic E-state index is -3.88. The van der Waals surface area contributed by atoms with Crippen LogP contribution in [0.25, 0.3) is 0 Å². The van der Waals surface area contributed by atoms with Gasteiger partial charge in [0.05, 0.1) is 15.7 Å². The minimum absolute atomic E-state index is 0.0191. The van der Waals surface area contributed by atoms with E-state index in [4.69, 9.17) is 38.8 Å². The number of nitrogen functional groups attached to an aromatic ring is 1. The molecule has 0 saturated carbocycles. The lowest BCUT2D eigenvalue weighted by atomic mass is 10.3. The molecule has 0 atom stereocenters. The van der Waals surface area contributed by atoms with E-state index in [2.05, 4.69) is 15.9 Å². The Hall–Kier alpha value is -0.990. The third-order valence-electron chi connectivity index (χ3n) is 2.49. The molecule has 2 aromatic rings. The van der Waals surface area contributed by atoms with E-state index in [1.807, 2.05) is 0 Å². The molecule has 0 saturated heterocycles. The van der Waals surface area contributed by atoms with Crippen LogP contribution in [0.4, 0.5) is 5.69 Å². The molecule has 4 N–H and O–H groups in total. The summed E-state index contributed by atoms with van der Waals surface area (Å²) in [6, 6.07) is 7.13. The predicted molar refractivity (Wildman–Crippen MR) is 86.5 cm³/mol. The molecule has 0 aliphatic carbocycles. The highest BCUT2D eigenvalue weighted by Crippen LogP contribution is 2.37. The average molecular weight is 412 g/mol. The Morgan fingerprint density at radius 3 is 2.33 bits per heavy atom. The summed E-state index contributed by atoms with van der Waals surface area (Å²) in [5, 5.41) is 5.78. The van der Waals surface area contributed by atoms with Crippen molar-refractivity contribution in [3.8, 4) is 11.5 Å². The fourth-order valence-corrected chi connectivity index (χ4v) is 3.03. The summed E-state index contributed by atoms with van der Waals surface area (Å²) in [6.07, 6.45) is 0. The number of rotatable bonds is 3. The van der Waals surface area contributed by atoms with Gasteiger partial charge in [0.25, 0.3) is 0 Å². The van der Waals surface area contributed by atoms with Gasteiger partial charge in [0.15, 0.2) is 0 Å². The van der Waals surface area contributed by atoms with E-state index in [1.165, 1.54) is 24.3 Å². The van der Waals surface area contributed by atoms with E-state index in [9.17, 15) is 8.42 Å². The van der Waals surface area contributed by atoms with Gasteiger partial charge in [-0.1, -0.05) is 23.2 Å². The molecule has 2 aromatic carbocycles. The first-order chi connectivity index (χ1) is 9.68. The van der Waals surface area contributed by atoms with Crippen LogP contribution in [0.3, 0.4) is 0 Å². The summed E-state index contributed by atoms with van der Waals surface area (Å²) >= 11 is 15.2. The molecule has 0 radical (unpaired) electrons. The molecule has 0 fully saturated rings. The smallest absolute Gasteiger partial charge is 0.240 e. The van der Waals surface area contributed by atoms with Crippen LogP contribution in [-0.4, -0.2) is 8.42 Å². The Morgan fingerprint density at radius 2 is 1.76 bits per heavy atom. The van der Waals surface area contributed by atoms with Crippen molar-refractivity contribution in [2.45, 2.75) is 4.90 Å². The molecule has 0 aliphatic rings. The zero-order valence-corrected chi connectivity index (χ0v) is 14.2. The fraction of sp³-hybridized carbons (Fsp3) is 0. The van der Waals surface area contributed by atoms with E-state index in [0.717, 1.165) is 0 Å². The van der Waals surface area contributed by atoms with E-state index < -0.39 is 10.0 Å². The Kier molecular flexibility index (Phi) is 4.69. The predicted octanol–water partition coefficient (Wildman–Crippen LogP) is 3.78. The van der Waals surface area contributed by atoms with Crippen molar-refractivity contribution in [3.05, 3.63) is 44.8 Å². The van der Waals surface area contributed by atoms with Crippen LogP contribution >= 0.6 is 39.1 Å². The van der Waals surface area contributed by atoms with Crippen LogP contribution in [0, 0.1) is 0 Å². The molecule has 21 heavy (non-hydrogen) atoms. The van der Waals surface area contributed by atoms with Gasteiger partial charge in [-0.25, -0.2) is 13.6 Å². The highest BCUT2D eigenvalue weighted by atomic mass is 79.9. The topological polar surface area (TPSA) is 95.4 Å². The van der Waals surface area contributed by atoms with Crippen LogP contribution in [0.5, 0.6) is 11.5 Å². The molecule has 0 unspecified atom stereocenters. The number of ether oxygens (including phenoxy) is 1. The Bertz CT molecular complexity index is 812. The minimum Gasteiger partial charge on any atom is -0.456 e. The van der Waals surface area contributed by atoms with Gasteiger partial charge < -0.3 is 10.5 Å². The third-order valence-corrected chi connectivity index (χ3v) is 4.97. The average Bonchev–Trinajstić information content (AvgIpc) is 2.34. The standard InChI is InChI=1S/C12H9BrCl2N2O3S/c13-7-4-9(15)11(5-8(7)14)20-6-1-2-12(10(16)3-6)21(17,18)19/h1-5H,16H2,(H2,17,18,19). The quantitative estimate of drug-likeness (QED) is 0.593. The van der Waals surface area contributed by atoms with Crippen molar-refractivity contribution in [1.29, 1.82) is 0 Å². The number of benzene rings is 2. The van der Waals surface area contributed by atoms with Gasteiger partial charge in [0.1, 0.15) is 16.4 Å². The monoisotopic (exact) mass is 410 g/mol. The molecule has 0 spiro atoms. The van der Waals surface area contributed by atoms with Gasteiger partial charge >= 0.3 is 0 Å². The third kappa shape index (κ3) is 3.81. The first kappa shape index (κ1) is 16.4. The van der Waals surface area contributed by atoms with Crippen molar-refractivity contribution in [2.75, 3.05) is 5.73 Å². The zero-order valence-electron chi connectivity index (χ0n) is 10.3. The lowest BCUT2D eigenvalue weighted by Crippen LogP contribution is -2.14. The molecular formula is C12H9BrCl2N2O3S. The number of hydrogen-bond donors (Lipinski definition) is 2. The lowest BCUT2D eigenvalue weighted by molar-refractivity contribution is 0.482. The highest BCUT2D eigenvalue weighted by Gasteiger charge is 2.14. The van der Waals surface area contributed by atoms with Crippen molar-refractivity contribution in [1.82, 2.24) is 0 Å². The summed E-state index contributed by atoms with van der Waals surface area (Å²) in [5.41, 5.74) is 5.63. The van der Waals surface area contributed by atoms with Gasteiger partial charge in [-0.15, -0.1) is 0 Å². The zero-order chi connectivity index (χ0) is 15.8. The number of halogens is 3. The van der Waals surface area contributed by atoms with Crippen molar-refractivity contribution >= 4 is 54.8 Å². The number of primary sulfonamides is 1. The van der Waals surface area contributed by atoms with Crippen LogP contribution in [0.2, 0.25) is 10.0 Å². The molecule has 5 nitrogen and oxygen atoms in total. The largest absolute Gasteiger partial charge is 0.456 e. The normalized spacial score (nSPS) is 11.4. The molecule has 0 bridgehead atoms. The van der Waals surface area contributed by atoms with Crippen LogP contribution < -0.4 is 15.6 Å². The number of hydrogen-bond acceptors (Lipinski definition) is 4. The molecule has 2 rings (SSSR count). The first-order valence-corrected chi connectivity index (χ1v) is 8.53. The second kappa shape index (κ2) is 6.02. The Labute approximate surface area is 140 Å². The maximum absolute atomic E-state index is 11.3. The van der Waals surface area contributed by atoms with Crippen molar-refractivity contribution in [3.63, 3.8) is 0 Å². The number of sulfonamides is 1. The maximum Gasteiger partial charge on any atom is 0.240 e. The van der Waals surface area contributed by atoms with Crippen molar-refractivity contribution < 1.29 is 13.2 Å². The molecular weight excluding hydrogens is 403 g/mol. The van der Waals surface area contributed by atoms with Gasteiger partial charge in [-0.2, -0.15) is 0 Å². The number of nitrogens with two attached hydrogens (primary N) is 2. The van der Waals surface area contributed by atoms with Gasteiger partial charge in [0, 0.05) is 16.6 Å². The summed E-state index contributed by atoms with van der Waals surface area (Å²) in [6.45, 7) is 0. The SMILES string of the molecule is Nc1cc(Oc2cc(Cl)c(Br)cc2Cl)ccc1S(N)(=O)=O. The Morgan fingerprint density at radius 1 is 1.10 bits per heavy atom. The van der Waals surface area contributed by atoms with E-state index in [0.29, 0.717) is 26.0 Å². The first-order valence-electron chi connectivity index (χ1n) is 5.43. The van der Waals surface area contributed by atoms with Crippen LogP contribution in [0.1, 0.15) is 0 Å². The molecule has 0 aromatic heterocycles. The lowest BCUT2D eigenvalue weighted by Gasteiger charge is -2.11. The summed E-state index contributed by atoms with van der Waals surface area (Å²) in [4.78, 5) is -0.171. The molecule has 9 heteroatoms. The molecule has 0 aliphatic heterocycles. The summed E-state index contributed by atoms with van der Waals surface area (Å²) in [5.74, 6) is 0.618. The number of anilines is 1. The van der Waals surface area contributed by atoms with Gasteiger partial charge in [-0.3, -0.25) is 0 Å². The Balaban J connectivity index is 2.38. The maximum atomic E-state index is 11.3.